The van der Waals surface area contributed by atoms with Gasteiger partial charge in [0.05, 0.1) is 12.0 Å². The first-order valence-corrected chi connectivity index (χ1v) is 12.0. The van der Waals surface area contributed by atoms with E-state index in [0.29, 0.717) is 18.7 Å². The van der Waals surface area contributed by atoms with Crippen molar-refractivity contribution in [3.63, 3.8) is 0 Å². The van der Waals surface area contributed by atoms with Crippen LogP contribution in [-0.2, 0) is 27.9 Å². The van der Waals surface area contributed by atoms with Crippen molar-refractivity contribution in [3.8, 4) is 16.9 Å². The van der Waals surface area contributed by atoms with Gasteiger partial charge in [0.1, 0.15) is 5.75 Å². The molecule has 7 heteroatoms. The number of ether oxygens (including phenoxy) is 1. The first-order chi connectivity index (χ1) is 15.5. The van der Waals surface area contributed by atoms with Crippen LogP contribution in [0.5, 0.6) is 5.75 Å². The molecule has 0 aromatic heterocycles. The van der Waals surface area contributed by atoms with Crippen LogP contribution >= 0.6 is 0 Å². The SMILES string of the molecule is COc1ccc(S(=O)(=O)NCc2ccccc2-c2ccc(CN3CCCC3=O)cc2)cc1. The maximum atomic E-state index is 12.7. The lowest BCUT2D eigenvalue weighted by atomic mass is 9.98. The van der Waals surface area contributed by atoms with E-state index in [1.54, 1.807) is 12.1 Å². The van der Waals surface area contributed by atoms with Crippen molar-refractivity contribution in [2.24, 2.45) is 0 Å². The summed E-state index contributed by atoms with van der Waals surface area (Å²) in [5.74, 6) is 0.815. The standard InChI is InChI=1S/C25H26N2O4S/c1-31-22-12-14-23(15-13-22)32(29,30)26-17-21-5-2-3-6-24(21)20-10-8-19(9-11-20)18-27-16-4-7-25(27)28/h2-3,5-6,8-15,26H,4,7,16-18H2,1H3. The van der Waals surface area contributed by atoms with Gasteiger partial charge in [-0.05, 0) is 52.9 Å². The maximum Gasteiger partial charge on any atom is 0.240 e. The van der Waals surface area contributed by atoms with Crippen molar-refractivity contribution < 1.29 is 17.9 Å². The molecule has 0 bridgehead atoms. The van der Waals surface area contributed by atoms with E-state index >= 15 is 0 Å². The number of nitrogens with one attached hydrogen (secondary N) is 1. The molecule has 0 saturated carbocycles. The average molecular weight is 451 g/mol. The summed E-state index contributed by atoms with van der Waals surface area (Å²) in [5.41, 5.74) is 3.93. The van der Waals surface area contributed by atoms with E-state index in [9.17, 15) is 13.2 Å². The normalized spacial score (nSPS) is 14.0. The fourth-order valence-electron chi connectivity index (χ4n) is 3.85. The highest BCUT2D eigenvalue weighted by atomic mass is 32.2. The average Bonchev–Trinajstić information content (AvgIpc) is 3.23. The molecule has 1 heterocycles. The number of benzene rings is 3. The van der Waals surface area contributed by atoms with Crippen molar-refractivity contribution >= 4 is 15.9 Å². The molecule has 3 aromatic rings. The van der Waals surface area contributed by atoms with Gasteiger partial charge in [-0.15, -0.1) is 0 Å². The third-order valence-electron chi connectivity index (χ3n) is 5.65. The Hall–Kier alpha value is -3.16. The molecule has 6 nitrogen and oxygen atoms in total. The van der Waals surface area contributed by atoms with E-state index in [4.69, 9.17) is 4.74 Å². The lowest BCUT2D eigenvalue weighted by Crippen LogP contribution is -2.23. The van der Waals surface area contributed by atoms with Gasteiger partial charge in [0, 0.05) is 26.1 Å². The maximum absolute atomic E-state index is 12.7. The van der Waals surface area contributed by atoms with Crippen LogP contribution in [0.2, 0.25) is 0 Å². The number of rotatable bonds is 8. The fraction of sp³-hybridized carbons (Fsp3) is 0.240. The summed E-state index contributed by atoms with van der Waals surface area (Å²) in [6.07, 6.45) is 1.56. The molecule has 0 atom stereocenters. The molecule has 0 spiro atoms. The summed E-state index contributed by atoms with van der Waals surface area (Å²) in [7, 11) is -2.11. The van der Waals surface area contributed by atoms with E-state index in [1.807, 2.05) is 53.4 Å². The van der Waals surface area contributed by atoms with E-state index in [2.05, 4.69) is 4.72 Å². The Morgan fingerprint density at radius 2 is 1.69 bits per heavy atom. The Morgan fingerprint density at radius 3 is 2.34 bits per heavy atom. The third kappa shape index (κ3) is 5.00. The predicted octanol–water partition coefficient (Wildman–Crippen LogP) is 3.96. The van der Waals surface area contributed by atoms with Crippen LogP contribution in [0, 0.1) is 0 Å². The van der Waals surface area contributed by atoms with E-state index in [0.717, 1.165) is 35.2 Å². The van der Waals surface area contributed by atoms with Crippen LogP contribution < -0.4 is 9.46 Å². The Kier molecular flexibility index (Phi) is 6.58. The molecule has 4 rings (SSSR count). The topological polar surface area (TPSA) is 75.7 Å². The third-order valence-corrected chi connectivity index (χ3v) is 7.07. The summed E-state index contributed by atoms with van der Waals surface area (Å²) >= 11 is 0. The Labute approximate surface area is 188 Å². The quantitative estimate of drug-likeness (QED) is 0.564. The minimum atomic E-state index is -3.65. The molecule has 166 valence electrons. The number of sulfonamides is 1. The summed E-state index contributed by atoms with van der Waals surface area (Å²) in [6, 6.07) is 22.1. The first-order valence-electron chi connectivity index (χ1n) is 10.5. The zero-order valence-corrected chi connectivity index (χ0v) is 18.8. The van der Waals surface area contributed by atoms with Gasteiger partial charge in [0.25, 0.3) is 0 Å². The van der Waals surface area contributed by atoms with Gasteiger partial charge in [-0.2, -0.15) is 0 Å². The molecule has 0 unspecified atom stereocenters. The molecule has 32 heavy (non-hydrogen) atoms. The van der Waals surface area contributed by atoms with E-state index in [1.165, 1.54) is 19.2 Å². The molecule has 1 aliphatic heterocycles. The van der Waals surface area contributed by atoms with E-state index in [-0.39, 0.29) is 17.3 Å². The molecule has 0 radical (unpaired) electrons. The van der Waals surface area contributed by atoms with Gasteiger partial charge in [-0.25, -0.2) is 13.1 Å². The second kappa shape index (κ2) is 9.54. The van der Waals surface area contributed by atoms with Crippen LogP contribution in [0.3, 0.4) is 0 Å². The number of hydrogen-bond acceptors (Lipinski definition) is 4. The second-order valence-corrected chi connectivity index (χ2v) is 9.54. The van der Waals surface area contributed by atoms with Crippen molar-refractivity contribution in [3.05, 3.63) is 83.9 Å². The van der Waals surface area contributed by atoms with E-state index < -0.39 is 10.0 Å². The summed E-state index contributed by atoms with van der Waals surface area (Å²) < 4.78 is 33.2. The number of hydrogen-bond donors (Lipinski definition) is 1. The van der Waals surface area contributed by atoms with Crippen LogP contribution in [0.4, 0.5) is 0 Å². The fourth-order valence-corrected chi connectivity index (χ4v) is 4.85. The van der Waals surface area contributed by atoms with Gasteiger partial charge >= 0.3 is 0 Å². The number of likely N-dealkylation sites (tertiary alicyclic amines) is 1. The summed E-state index contributed by atoms with van der Waals surface area (Å²) in [6.45, 7) is 1.62. The largest absolute Gasteiger partial charge is 0.497 e. The van der Waals surface area contributed by atoms with Gasteiger partial charge in [-0.1, -0.05) is 48.5 Å². The highest BCUT2D eigenvalue weighted by molar-refractivity contribution is 7.89. The highest BCUT2D eigenvalue weighted by Gasteiger charge is 2.20. The van der Waals surface area contributed by atoms with Crippen molar-refractivity contribution in [2.45, 2.75) is 30.8 Å². The molecule has 1 aliphatic rings. The molecule has 0 aliphatic carbocycles. The van der Waals surface area contributed by atoms with Gasteiger partial charge in [0.15, 0.2) is 0 Å². The zero-order chi connectivity index (χ0) is 22.6. The van der Waals surface area contributed by atoms with Crippen molar-refractivity contribution in [2.75, 3.05) is 13.7 Å². The van der Waals surface area contributed by atoms with Crippen molar-refractivity contribution in [1.29, 1.82) is 0 Å². The number of methoxy groups -OCH3 is 1. The summed E-state index contributed by atoms with van der Waals surface area (Å²) in [4.78, 5) is 13.9. The minimum Gasteiger partial charge on any atom is -0.497 e. The van der Waals surface area contributed by atoms with Crippen LogP contribution in [0.1, 0.15) is 24.0 Å². The smallest absolute Gasteiger partial charge is 0.240 e. The van der Waals surface area contributed by atoms with Crippen LogP contribution in [-0.4, -0.2) is 32.9 Å². The van der Waals surface area contributed by atoms with Gasteiger partial charge in [-0.3, -0.25) is 4.79 Å². The lowest BCUT2D eigenvalue weighted by molar-refractivity contribution is -0.128. The number of carbonyl (C=O) groups excluding carboxylic acids is 1. The molecule has 1 saturated heterocycles. The predicted molar refractivity (Wildman–Crippen MR) is 124 cm³/mol. The monoisotopic (exact) mass is 450 g/mol. The first kappa shape index (κ1) is 22.0. The number of carbonyl (C=O) groups is 1. The summed E-state index contributed by atoms with van der Waals surface area (Å²) in [5, 5.41) is 0. The highest BCUT2D eigenvalue weighted by Crippen LogP contribution is 2.25. The van der Waals surface area contributed by atoms with Crippen molar-refractivity contribution in [1.82, 2.24) is 9.62 Å². The van der Waals surface area contributed by atoms with Gasteiger partial charge < -0.3 is 9.64 Å². The van der Waals surface area contributed by atoms with Crippen LogP contribution in [0.25, 0.3) is 11.1 Å². The molecular weight excluding hydrogens is 424 g/mol. The Morgan fingerprint density at radius 1 is 0.969 bits per heavy atom. The molecular formula is C25H26N2O4S. The number of nitrogens with zero attached hydrogens (tertiary/aromatic N) is 1. The Balaban J connectivity index is 1.48. The van der Waals surface area contributed by atoms with Gasteiger partial charge in [0.2, 0.25) is 15.9 Å². The zero-order valence-electron chi connectivity index (χ0n) is 18.0. The molecule has 1 fully saturated rings. The lowest BCUT2D eigenvalue weighted by Gasteiger charge is -2.16. The van der Waals surface area contributed by atoms with Crippen LogP contribution in [0.15, 0.2) is 77.7 Å². The molecule has 1 N–H and O–H groups in total. The second-order valence-electron chi connectivity index (χ2n) is 7.77. The Bertz CT molecular complexity index is 1190. The minimum absolute atomic E-state index is 0.175. The number of amides is 1. The molecule has 1 amide bonds. The molecule has 3 aromatic carbocycles.